The van der Waals surface area contributed by atoms with Gasteiger partial charge in [0.15, 0.2) is 5.17 Å². The van der Waals surface area contributed by atoms with Gasteiger partial charge in [-0.1, -0.05) is 0 Å². The fourth-order valence-corrected chi connectivity index (χ4v) is 2.49. The van der Waals surface area contributed by atoms with Crippen molar-refractivity contribution in [3.05, 3.63) is 10.6 Å². The van der Waals surface area contributed by atoms with E-state index in [1.807, 2.05) is 11.8 Å². The van der Waals surface area contributed by atoms with E-state index in [-0.39, 0.29) is 0 Å². The first-order valence-corrected chi connectivity index (χ1v) is 4.96. The van der Waals surface area contributed by atoms with Crippen LogP contribution in [0.4, 0.5) is 0 Å². The lowest BCUT2D eigenvalue weighted by Crippen LogP contribution is -2.28. The number of aliphatic carboxylic acids is 1. The molecule has 0 bridgehead atoms. The van der Waals surface area contributed by atoms with E-state index in [0.717, 1.165) is 30.4 Å². The molecule has 2 heterocycles. The van der Waals surface area contributed by atoms with Crippen molar-refractivity contribution in [3.63, 3.8) is 0 Å². The van der Waals surface area contributed by atoms with Gasteiger partial charge in [-0.05, 0) is 25.1 Å². The van der Waals surface area contributed by atoms with Gasteiger partial charge in [-0.25, -0.2) is 4.79 Å². The molecule has 2 rings (SSSR count). The standard InChI is InChI=1S/C8H10N2O2S/c1-5-6(7(11)12)13-8-9-3-2-4-10(5)8/h2-4H2,1H3,(H,11,12). The summed E-state index contributed by atoms with van der Waals surface area (Å²) in [6, 6.07) is 0. The molecule has 70 valence electrons. The normalized spacial score (nSPS) is 21.6. The summed E-state index contributed by atoms with van der Waals surface area (Å²) in [7, 11) is 0. The van der Waals surface area contributed by atoms with Crippen LogP contribution in [-0.2, 0) is 4.79 Å². The van der Waals surface area contributed by atoms with E-state index in [1.165, 1.54) is 11.8 Å². The first-order valence-electron chi connectivity index (χ1n) is 4.14. The summed E-state index contributed by atoms with van der Waals surface area (Å²) in [5.74, 6) is -0.848. The summed E-state index contributed by atoms with van der Waals surface area (Å²) >= 11 is 1.27. The molecule has 5 heteroatoms. The van der Waals surface area contributed by atoms with E-state index in [4.69, 9.17) is 5.11 Å². The van der Waals surface area contributed by atoms with Crippen molar-refractivity contribution in [1.82, 2.24) is 4.90 Å². The molecule has 0 aliphatic carbocycles. The van der Waals surface area contributed by atoms with E-state index in [9.17, 15) is 4.79 Å². The Labute approximate surface area is 80.3 Å². The third-order valence-electron chi connectivity index (χ3n) is 2.14. The van der Waals surface area contributed by atoms with Crippen LogP contribution >= 0.6 is 11.8 Å². The van der Waals surface area contributed by atoms with Crippen LogP contribution in [0.3, 0.4) is 0 Å². The Kier molecular flexibility index (Phi) is 2.03. The van der Waals surface area contributed by atoms with Crippen molar-refractivity contribution in [1.29, 1.82) is 0 Å². The highest BCUT2D eigenvalue weighted by Crippen LogP contribution is 2.35. The minimum absolute atomic E-state index is 0.417. The van der Waals surface area contributed by atoms with Gasteiger partial charge in [0.05, 0.1) is 0 Å². The number of hydrogen-bond donors (Lipinski definition) is 1. The third kappa shape index (κ3) is 1.33. The second-order valence-electron chi connectivity index (χ2n) is 2.99. The number of carbonyl (C=O) groups is 1. The third-order valence-corrected chi connectivity index (χ3v) is 3.35. The van der Waals surface area contributed by atoms with E-state index < -0.39 is 5.97 Å². The molecule has 2 aliphatic heterocycles. The summed E-state index contributed by atoms with van der Waals surface area (Å²) in [5.41, 5.74) is 0.830. The van der Waals surface area contributed by atoms with Gasteiger partial charge in [0.25, 0.3) is 0 Å². The highest BCUT2D eigenvalue weighted by atomic mass is 32.2. The maximum Gasteiger partial charge on any atom is 0.344 e. The second kappa shape index (κ2) is 3.06. The molecule has 0 aromatic rings. The summed E-state index contributed by atoms with van der Waals surface area (Å²) in [6.45, 7) is 3.55. The van der Waals surface area contributed by atoms with Gasteiger partial charge < -0.3 is 10.0 Å². The van der Waals surface area contributed by atoms with Crippen molar-refractivity contribution in [2.75, 3.05) is 13.1 Å². The minimum Gasteiger partial charge on any atom is -0.477 e. The van der Waals surface area contributed by atoms with Crippen molar-refractivity contribution < 1.29 is 9.90 Å². The number of carboxylic acid groups (broad SMARTS) is 1. The predicted octanol–water partition coefficient (Wildman–Crippen LogP) is 1.11. The van der Waals surface area contributed by atoms with E-state index in [2.05, 4.69) is 4.99 Å². The van der Waals surface area contributed by atoms with E-state index in [1.54, 1.807) is 0 Å². The highest BCUT2D eigenvalue weighted by molar-refractivity contribution is 8.18. The molecular weight excluding hydrogens is 188 g/mol. The van der Waals surface area contributed by atoms with Crippen molar-refractivity contribution in [2.45, 2.75) is 13.3 Å². The van der Waals surface area contributed by atoms with Gasteiger partial charge in [-0.3, -0.25) is 4.99 Å². The fourth-order valence-electron chi connectivity index (χ4n) is 1.47. The highest BCUT2D eigenvalue weighted by Gasteiger charge is 2.31. The molecule has 0 aromatic carbocycles. The lowest BCUT2D eigenvalue weighted by atomic mass is 10.3. The van der Waals surface area contributed by atoms with Gasteiger partial charge in [0, 0.05) is 18.8 Å². The summed E-state index contributed by atoms with van der Waals surface area (Å²) in [4.78, 5) is 17.5. The molecular formula is C8H10N2O2S. The SMILES string of the molecule is CC1=C(C(=O)O)SC2=NCCCN21. The van der Waals surface area contributed by atoms with Crippen molar-refractivity contribution >= 4 is 22.9 Å². The maximum atomic E-state index is 10.8. The maximum absolute atomic E-state index is 10.8. The topological polar surface area (TPSA) is 52.9 Å². The Morgan fingerprint density at radius 3 is 3.08 bits per heavy atom. The Bertz CT molecular complexity index is 322. The van der Waals surface area contributed by atoms with Crippen LogP contribution < -0.4 is 0 Å². The van der Waals surface area contributed by atoms with Crippen LogP contribution in [0.1, 0.15) is 13.3 Å². The molecule has 13 heavy (non-hydrogen) atoms. The van der Waals surface area contributed by atoms with Gasteiger partial charge in [0.2, 0.25) is 0 Å². The van der Waals surface area contributed by atoms with Crippen LogP contribution in [0.2, 0.25) is 0 Å². The Morgan fingerprint density at radius 1 is 1.69 bits per heavy atom. The number of fused-ring (bicyclic) bond motifs is 1. The lowest BCUT2D eigenvalue weighted by Gasteiger charge is -2.22. The predicted molar refractivity (Wildman–Crippen MR) is 51.6 cm³/mol. The zero-order chi connectivity index (χ0) is 9.42. The summed E-state index contributed by atoms with van der Waals surface area (Å²) in [6.07, 6.45) is 1.01. The number of nitrogens with zero attached hydrogens (tertiary/aromatic N) is 2. The lowest BCUT2D eigenvalue weighted by molar-refractivity contribution is -0.131. The van der Waals surface area contributed by atoms with E-state index >= 15 is 0 Å². The zero-order valence-electron chi connectivity index (χ0n) is 7.28. The van der Waals surface area contributed by atoms with Gasteiger partial charge in [-0.2, -0.15) is 0 Å². The van der Waals surface area contributed by atoms with Crippen molar-refractivity contribution in [2.24, 2.45) is 4.99 Å². The zero-order valence-corrected chi connectivity index (χ0v) is 8.10. The number of thioether (sulfide) groups is 1. The molecule has 4 nitrogen and oxygen atoms in total. The number of rotatable bonds is 1. The number of aliphatic imine (C=N–C) groups is 1. The average molecular weight is 198 g/mol. The van der Waals surface area contributed by atoms with Gasteiger partial charge in [0.1, 0.15) is 4.91 Å². The van der Waals surface area contributed by atoms with Crippen LogP contribution in [0.15, 0.2) is 15.6 Å². The smallest absolute Gasteiger partial charge is 0.344 e. The van der Waals surface area contributed by atoms with Crippen LogP contribution in [0.25, 0.3) is 0 Å². The van der Waals surface area contributed by atoms with Crippen molar-refractivity contribution in [3.8, 4) is 0 Å². The molecule has 0 atom stereocenters. The van der Waals surface area contributed by atoms with Crippen LogP contribution in [-0.4, -0.2) is 34.2 Å². The Hall–Kier alpha value is -0.970. The fraction of sp³-hybridized carbons (Fsp3) is 0.500. The average Bonchev–Trinajstić information content (AvgIpc) is 2.45. The van der Waals surface area contributed by atoms with Crippen LogP contribution in [0.5, 0.6) is 0 Å². The number of allylic oxidation sites excluding steroid dienone is 1. The molecule has 0 saturated heterocycles. The second-order valence-corrected chi connectivity index (χ2v) is 3.97. The van der Waals surface area contributed by atoms with Gasteiger partial charge >= 0.3 is 5.97 Å². The van der Waals surface area contributed by atoms with E-state index in [0.29, 0.717) is 4.91 Å². The Morgan fingerprint density at radius 2 is 2.46 bits per heavy atom. The molecule has 0 unspecified atom stereocenters. The molecule has 0 amide bonds. The molecule has 1 N–H and O–H groups in total. The summed E-state index contributed by atoms with van der Waals surface area (Å²) < 4.78 is 0. The number of amidine groups is 1. The molecule has 0 aromatic heterocycles. The molecule has 0 radical (unpaired) electrons. The first-order chi connectivity index (χ1) is 6.20. The van der Waals surface area contributed by atoms with Gasteiger partial charge in [-0.15, -0.1) is 0 Å². The first kappa shape index (κ1) is 8.62. The minimum atomic E-state index is -0.848. The molecule has 0 saturated carbocycles. The monoisotopic (exact) mass is 198 g/mol. The quantitative estimate of drug-likeness (QED) is 0.685. The number of hydrogen-bond acceptors (Lipinski definition) is 4. The molecule has 2 aliphatic rings. The molecule has 0 fully saturated rings. The van der Waals surface area contributed by atoms with Crippen LogP contribution in [0, 0.1) is 0 Å². The number of carboxylic acids is 1. The molecule has 0 spiro atoms. The summed E-state index contributed by atoms with van der Waals surface area (Å²) in [5, 5.41) is 9.72. The Balaban J connectivity index is 2.33. The largest absolute Gasteiger partial charge is 0.477 e.